The number of carbonyl (C=O) groups excluding carboxylic acids is 1. The van der Waals surface area contributed by atoms with Gasteiger partial charge in [0.2, 0.25) is 5.76 Å². The third-order valence-electron chi connectivity index (χ3n) is 3.96. The number of carboxylic acids is 1. The highest BCUT2D eigenvalue weighted by Gasteiger charge is 2.44. The topological polar surface area (TPSA) is 92.4 Å². The van der Waals surface area contributed by atoms with E-state index >= 15 is 0 Å². The first kappa shape index (κ1) is 13.6. The highest BCUT2D eigenvalue weighted by molar-refractivity contribution is 5.93. The van der Waals surface area contributed by atoms with Crippen LogP contribution >= 0.6 is 0 Å². The summed E-state index contributed by atoms with van der Waals surface area (Å²) in [6.45, 7) is 3.41. The van der Waals surface area contributed by atoms with E-state index in [9.17, 15) is 14.7 Å². The van der Waals surface area contributed by atoms with Crippen LogP contribution in [-0.4, -0.2) is 28.2 Å². The molecule has 0 radical (unpaired) electrons. The monoisotopic (exact) mass is 266 g/mol. The molecule has 6 nitrogen and oxygen atoms in total. The summed E-state index contributed by atoms with van der Waals surface area (Å²) in [6, 6.07) is -0.379. The Balaban J connectivity index is 2.15. The summed E-state index contributed by atoms with van der Waals surface area (Å²) in [4.78, 5) is 23.5. The van der Waals surface area contributed by atoms with E-state index in [-0.39, 0.29) is 11.8 Å². The van der Waals surface area contributed by atoms with Crippen molar-refractivity contribution in [3.05, 3.63) is 17.5 Å². The van der Waals surface area contributed by atoms with E-state index in [0.717, 1.165) is 12.8 Å². The Morgan fingerprint density at radius 3 is 2.84 bits per heavy atom. The maximum absolute atomic E-state index is 12.1. The van der Waals surface area contributed by atoms with Gasteiger partial charge in [0.1, 0.15) is 0 Å². The first-order valence-corrected chi connectivity index (χ1v) is 6.40. The summed E-state index contributed by atoms with van der Waals surface area (Å²) in [5.74, 6) is -1.11. The highest BCUT2D eigenvalue weighted by atomic mass is 16.5. The van der Waals surface area contributed by atoms with Crippen LogP contribution < -0.4 is 5.32 Å². The van der Waals surface area contributed by atoms with E-state index in [2.05, 4.69) is 10.5 Å². The van der Waals surface area contributed by atoms with Crippen molar-refractivity contribution in [1.29, 1.82) is 0 Å². The standard InChI is InChI=1S/C13H18N2O4/c1-8-7-14-19-10(8)11(16)15-9-5-3-4-6-13(9,2)12(17)18/h7,9H,3-6H2,1-2H3,(H,15,16)(H,17,18). The van der Waals surface area contributed by atoms with Crippen molar-refractivity contribution in [2.75, 3.05) is 0 Å². The quantitative estimate of drug-likeness (QED) is 0.869. The molecule has 0 saturated heterocycles. The lowest BCUT2D eigenvalue weighted by molar-refractivity contribution is -0.151. The van der Waals surface area contributed by atoms with E-state index in [4.69, 9.17) is 4.52 Å². The van der Waals surface area contributed by atoms with Gasteiger partial charge in [-0.25, -0.2) is 0 Å². The van der Waals surface area contributed by atoms with E-state index in [1.165, 1.54) is 6.20 Å². The average Bonchev–Trinajstić information content (AvgIpc) is 2.78. The van der Waals surface area contributed by atoms with E-state index in [0.29, 0.717) is 18.4 Å². The van der Waals surface area contributed by atoms with Crippen molar-refractivity contribution in [3.63, 3.8) is 0 Å². The first-order valence-electron chi connectivity index (χ1n) is 6.40. The Morgan fingerprint density at radius 1 is 1.53 bits per heavy atom. The number of rotatable bonds is 3. The van der Waals surface area contributed by atoms with Crippen LogP contribution in [0.1, 0.15) is 48.7 Å². The Morgan fingerprint density at radius 2 is 2.26 bits per heavy atom. The fourth-order valence-corrected chi connectivity index (χ4v) is 2.55. The Labute approximate surface area is 111 Å². The minimum Gasteiger partial charge on any atom is -0.481 e. The summed E-state index contributed by atoms with van der Waals surface area (Å²) in [7, 11) is 0. The van der Waals surface area contributed by atoms with Gasteiger partial charge < -0.3 is 14.9 Å². The minimum atomic E-state index is -0.915. The SMILES string of the molecule is Cc1cnoc1C(=O)NC1CCCCC1(C)C(=O)O. The number of hydrogen-bond acceptors (Lipinski definition) is 4. The minimum absolute atomic E-state index is 0.151. The summed E-state index contributed by atoms with van der Waals surface area (Å²) in [5.41, 5.74) is -0.271. The number of aromatic nitrogens is 1. The molecule has 1 aromatic heterocycles. The molecular weight excluding hydrogens is 248 g/mol. The van der Waals surface area contributed by atoms with Crippen LogP contribution in [0.5, 0.6) is 0 Å². The fraction of sp³-hybridized carbons (Fsp3) is 0.615. The lowest BCUT2D eigenvalue weighted by Crippen LogP contribution is -2.52. The van der Waals surface area contributed by atoms with Gasteiger partial charge in [0.05, 0.1) is 11.6 Å². The second kappa shape index (κ2) is 5.03. The number of hydrogen-bond donors (Lipinski definition) is 2. The van der Waals surface area contributed by atoms with Crippen molar-refractivity contribution >= 4 is 11.9 Å². The van der Waals surface area contributed by atoms with E-state index in [1.54, 1.807) is 13.8 Å². The van der Waals surface area contributed by atoms with Gasteiger partial charge in [-0.15, -0.1) is 0 Å². The molecule has 1 amide bonds. The maximum Gasteiger partial charge on any atom is 0.311 e. The van der Waals surface area contributed by atoms with Crippen molar-refractivity contribution in [2.45, 2.75) is 45.6 Å². The largest absolute Gasteiger partial charge is 0.481 e. The zero-order valence-electron chi connectivity index (χ0n) is 11.1. The number of aliphatic carboxylic acids is 1. The predicted octanol–water partition coefficient (Wildman–Crippen LogP) is 1.75. The fourth-order valence-electron chi connectivity index (χ4n) is 2.55. The van der Waals surface area contributed by atoms with E-state index in [1.807, 2.05) is 0 Å². The van der Waals surface area contributed by atoms with Crippen molar-refractivity contribution in [2.24, 2.45) is 5.41 Å². The summed E-state index contributed by atoms with van der Waals surface area (Å²) in [5, 5.41) is 15.7. The maximum atomic E-state index is 12.1. The van der Waals surface area contributed by atoms with Gasteiger partial charge in [0.25, 0.3) is 5.91 Å². The molecule has 1 aliphatic carbocycles. The number of nitrogens with zero attached hydrogens (tertiary/aromatic N) is 1. The molecular formula is C13H18N2O4. The van der Waals surface area contributed by atoms with Crippen molar-refractivity contribution in [3.8, 4) is 0 Å². The molecule has 1 heterocycles. The Kier molecular flexibility index (Phi) is 3.59. The molecule has 1 fully saturated rings. The second-order valence-electron chi connectivity index (χ2n) is 5.33. The van der Waals surface area contributed by atoms with Crippen LogP contribution in [0.4, 0.5) is 0 Å². The normalized spacial score (nSPS) is 26.9. The molecule has 1 aromatic rings. The number of amides is 1. The molecule has 0 spiro atoms. The lowest BCUT2D eigenvalue weighted by Gasteiger charge is -2.38. The first-order chi connectivity index (χ1) is 8.95. The molecule has 0 aliphatic heterocycles. The average molecular weight is 266 g/mol. The third kappa shape index (κ3) is 2.47. The molecule has 1 aliphatic rings. The van der Waals surface area contributed by atoms with Crippen LogP contribution in [0.15, 0.2) is 10.7 Å². The van der Waals surface area contributed by atoms with Gasteiger partial charge in [-0.05, 0) is 26.7 Å². The summed E-state index contributed by atoms with van der Waals surface area (Å²) in [6.07, 6.45) is 4.50. The van der Waals surface area contributed by atoms with Crippen LogP contribution in [0.3, 0.4) is 0 Å². The van der Waals surface area contributed by atoms with Crippen LogP contribution in [-0.2, 0) is 4.79 Å². The molecule has 0 aromatic carbocycles. The summed E-state index contributed by atoms with van der Waals surface area (Å²) < 4.78 is 4.89. The van der Waals surface area contributed by atoms with Gasteiger partial charge in [0, 0.05) is 11.6 Å². The molecule has 2 rings (SSSR count). The van der Waals surface area contributed by atoms with Gasteiger partial charge in [0.15, 0.2) is 0 Å². The molecule has 19 heavy (non-hydrogen) atoms. The number of nitrogens with one attached hydrogen (secondary N) is 1. The Bertz CT molecular complexity index is 497. The molecule has 6 heteroatoms. The lowest BCUT2D eigenvalue weighted by atomic mass is 9.71. The molecule has 2 N–H and O–H groups in total. The Hall–Kier alpha value is -1.85. The van der Waals surface area contributed by atoms with Gasteiger partial charge in [-0.3, -0.25) is 9.59 Å². The number of carbonyl (C=O) groups is 2. The number of carboxylic acid groups (broad SMARTS) is 1. The molecule has 1 saturated carbocycles. The van der Waals surface area contributed by atoms with Crippen molar-refractivity contribution in [1.82, 2.24) is 10.5 Å². The second-order valence-corrected chi connectivity index (χ2v) is 5.33. The smallest absolute Gasteiger partial charge is 0.311 e. The van der Waals surface area contributed by atoms with Crippen LogP contribution in [0.25, 0.3) is 0 Å². The van der Waals surface area contributed by atoms with Gasteiger partial charge in [-0.1, -0.05) is 18.0 Å². The molecule has 2 unspecified atom stereocenters. The zero-order valence-corrected chi connectivity index (χ0v) is 11.1. The third-order valence-corrected chi connectivity index (χ3v) is 3.96. The number of aryl methyl sites for hydroxylation is 1. The zero-order chi connectivity index (χ0) is 14.0. The van der Waals surface area contributed by atoms with Crippen LogP contribution in [0.2, 0.25) is 0 Å². The van der Waals surface area contributed by atoms with Gasteiger partial charge in [-0.2, -0.15) is 0 Å². The molecule has 2 atom stereocenters. The molecule has 104 valence electrons. The van der Waals surface area contributed by atoms with E-state index < -0.39 is 17.3 Å². The van der Waals surface area contributed by atoms with Gasteiger partial charge >= 0.3 is 5.97 Å². The molecule has 0 bridgehead atoms. The predicted molar refractivity (Wildman–Crippen MR) is 66.7 cm³/mol. The van der Waals surface area contributed by atoms with Crippen molar-refractivity contribution < 1.29 is 19.2 Å². The highest BCUT2D eigenvalue weighted by Crippen LogP contribution is 2.36. The summed E-state index contributed by atoms with van der Waals surface area (Å²) >= 11 is 0. The van der Waals surface area contributed by atoms with Crippen LogP contribution in [0, 0.1) is 12.3 Å².